The maximum absolute atomic E-state index is 12.4. The van der Waals surface area contributed by atoms with E-state index < -0.39 is 10.0 Å². The maximum Gasteiger partial charge on any atom is 0.217 e. The molecule has 2 aliphatic rings. The largest absolute Gasteiger partial charge is 0.381 e. The highest BCUT2D eigenvalue weighted by atomic mass is 32.2. The molecular weight excluding hydrogens is 320 g/mol. The van der Waals surface area contributed by atoms with E-state index in [-0.39, 0.29) is 23.3 Å². The van der Waals surface area contributed by atoms with E-state index in [1.807, 2.05) is 6.92 Å². The van der Waals surface area contributed by atoms with Crippen LogP contribution in [0, 0.1) is 12.3 Å². The molecule has 23 heavy (non-hydrogen) atoms. The number of nitrogens with one attached hydrogen (secondary N) is 1. The van der Waals surface area contributed by atoms with Crippen LogP contribution >= 0.6 is 0 Å². The zero-order chi connectivity index (χ0) is 16.5. The summed E-state index contributed by atoms with van der Waals surface area (Å²) in [5.74, 6) is 0.448. The molecule has 1 saturated heterocycles. The number of rotatable bonds is 6. The molecule has 3 rings (SSSR count). The van der Waals surface area contributed by atoms with E-state index in [0.717, 1.165) is 12.8 Å². The predicted molar refractivity (Wildman–Crippen MR) is 83.3 cm³/mol. The Kier molecular flexibility index (Phi) is 4.78. The zero-order valence-electron chi connectivity index (χ0n) is 13.6. The Balaban J connectivity index is 1.68. The summed E-state index contributed by atoms with van der Waals surface area (Å²) in [4.78, 5) is 0. The summed E-state index contributed by atoms with van der Waals surface area (Å²) in [5, 5.41) is 3.76. The molecule has 2 atom stereocenters. The average Bonchev–Trinajstić information content (AvgIpc) is 2.91. The minimum atomic E-state index is -3.46. The van der Waals surface area contributed by atoms with Crippen molar-refractivity contribution in [1.29, 1.82) is 0 Å². The molecule has 2 heterocycles. The van der Waals surface area contributed by atoms with E-state index in [0.29, 0.717) is 37.7 Å². The van der Waals surface area contributed by atoms with Gasteiger partial charge in [0, 0.05) is 37.3 Å². The molecule has 1 aromatic heterocycles. The first-order valence-electron chi connectivity index (χ1n) is 8.07. The number of hydrogen-bond acceptors (Lipinski definition) is 6. The van der Waals surface area contributed by atoms with Crippen molar-refractivity contribution in [2.24, 2.45) is 5.41 Å². The first kappa shape index (κ1) is 16.9. The summed E-state index contributed by atoms with van der Waals surface area (Å²) in [6.45, 7) is 5.67. The molecule has 1 saturated carbocycles. The number of aryl methyl sites for hydroxylation is 1. The fourth-order valence-corrected chi connectivity index (χ4v) is 5.08. The minimum Gasteiger partial charge on any atom is -0.381 e. The third kappa shape index (κ3) is 3.45. The van der Waals surface area contributed by atoms with Crippen LogP contribution in [-0.4, -0.2) is 45.5 Å². The Morgan fingerprint density at radius 3 is 2.78 bits per heavy atom. The lowest BCUT2D eigenvalue weighted by Gasteiger charge is -2.57. The van der Waals surface area contributed by atoms with E-state index in [1.54, 1.807) is 13.0 Å². The molecule has 1 aliphatic heterocycles. The summed E-state index contributed by atoms with van der Waals surface area (Å²) in [5.41, 5.74) is 0.290. The van der Waals surface area contributed by atoms with E-state index in [4.69, 9.17) is 14.0 Å². The summed E-state index contributed by atoms with van der Waals surface area (Å²) in [7, 11) is -3.46. The fraction of sp³-hybridized carbons (Fsp3) is 0.800. The van der Waals surface area contributed by atoms with Gasteiger partial charge >= 0.3 is 0 Å². The van der Waals surface area contributed by atoms with Crippen molar-refractivity contribution >= 4 is 10.0 Å². The molecule has 1 N–H and O–H groups in total. The van der Waals surface area contributed by atoms with Crippen LogP contribution < -0.4 is 4.72 Å². The van der Waals surface area contributed by atoms with Crippen LogP contribution in [0.25, 0.3) is 0 Å². The van der Waals surface area contributed by atoms with Gasteiger partial charge in [0.25, 0.3) is 0 Å². The molecule has 2 fully saturated rings. The molecule has 0 unspecified atom stereocenters. The van der Waals surface area contributed by atoms with Gasteiger partial charge in [-0.1, -0.05) is 5.16 Å². The zero-order valence-corrected chi connectivity index (χ0v) is 14.4. The summed E-state index contributed by atoms with van der Waals surface area (Å²) < 4.78 is 43.9. The van der Waals surface area contributed by atoms with Crippen molar-refractivity contribution in [3.63, 3.8) is 0 Å². The van der Waals surface area contributed by atoms with E-state index in [9.17, 15) is 8.42 Å². The van der Waals surface area contributed by atoms with Crippen LogP contribution in [0.2, 0.25) is 0 Å². The first-order valence-corrected chi connectivity index (χ1v) is 9.72. The standard InChI is InChI=1S/C15H24N2O5S/c1-3-21-14-9-13(15(14)4-6-20-7-5-15)17-23(18,19)10-12-8-11(2)22-16-12/h8,13-14,17H,3-7,9-10H2,1-2H3/t13-,14-/m1/s1. The number of nitrogens with zero attached hydrogens (tertiary/aromatic N) is 1. The average molecular weight is 344 g/mol. The SMILES string of the molecule is CCO[C@@H]1C[C@@H](NS(=O)(=O)Cc2cc(C)on2)C12CCOCC2. The second-order valence-electron chi connectivity index (χ2n) is 6.38. The van der Waals surface area contributed by atoms with Gasteiger partial charge in [0.2, 0.25) is 10.0 Å². The van der Waals surface area contributed by atoms with Gasteiger partial charge in [0.05, 0.1) is 6.10 Å². The Bertz CT molecular complexity index is 636. The van der Waals surface area contributed by atoms with Crippen LogP contribution in [0.5, 0.6) is 0 Å². The van der Waals surface area contributed by atoms with Gasteiger partial charge in [0.1, 0.15) is 17.2 Å². The monoisotopic (exact) mass is 344 g/mol. The van der Waals surface area contributed by atoms with Crippen molar-refractivity contribution in [1.82, 2.24) is 9.88 Å². The van der Waals surface area contributed by atoms with Crippen molar-refractivity contribution in [2.75, 3.05) is 19.8 Å². The first-order chi connectivity index (χ1) is 11.0. The lowest BCUT2D eigenvalue weighted by atomic mass is 9.58. The van der Waals surface area contributed by atoms with Gasteiger partial charge in [0.15, 0.2) is 0 Å². The molecule has 130 valence electrons. The number of hydrogen-bond donors (Lipinski definition) is 1. The molecule has 1 aliphatic carbocycles. The van der Waals surface area contributed by atoms with E-state index in [2.05, 4.69) is 9.88 Å². The van der Waals surface area contributed by atoms with Crippen molar-refractivity contribution in [2.45, 2.75) is 51.0 Å². The second kappa shape index (κ2) is 6.51. The molecule has 1 aromatic rings. The summed E-state index contributed by atoms with van der Waals surface area (Å²) in [6, 6.07) is 1.55. The Labute approximate surface area is 136 Å². The molecule has 7 nitrogen and oxygen atoms in total. The summed E-state index contributed by atoms with van der Waals surface area (Å²) in [6.07, 6.45) is 2.48. The number of ether oxygens (including phenoxy) is 2. The normalized spacial score (nSPS) is 27.0. The second-order valence-corrected chi connectivity index (χ2v) is 8.14. The van der Waals surface area contributed by atoms with Crippen molar-refractivity contribution < 1.29 is 22.4 Å². The molecule has 1 spiro atoms. The van der Waals surface area contributed by atoms with Gasteiger partial charge in [-0.3, -0.25) is 0 Å². The highest BCUT2D eigenvalue weighted by molar-refractivity contribution is 7.88. The third-order valence-electron chi connectivity index (χ3n) is 4.91. The predicted octanol–water partition coefficient (Wildman–Crippen LogP) is 1.38. The third-order valence-corrected chi connectivity index (χ3v) is 6.23. The maximum atomic E-state index is 12.4. The number of sulfonamides is 1. The van der Waals surface area contributed by atoms with Crippen LogP contribution in [0.15, 0.2) is 10.6 Å². The van der Waals surface area contributed by atoms with Crippen molar-refractivity contribution in [3.8, 4) is 0 Å². The minimum absolute atomic E-state index is 0.0963. The molecular formula is C15H24N2O5S. The van der Waals surface area contributed by atoms with Crippen LogP contribution in [0.3, 0.4) is 0 Å². The number of aromatic nitrogens is 1. The lowest BCUT2D eigenvalue weighted by molar-refractivity contribution is -0.168. The summed E-state index contributed by atoms with van der Waals surface area (Å²) >= 11 is 0. The van der Waals surface area contributed by atoms with Gasteiger partial charge < -0.3 is 14.0 Å². The van der Waals surface area contributed by atoms with Gasteiger partial charge in [-0.25, -0.2) is 13.1 Å². The molecule has 0 radical (unpaired) electrons. The van der Waals surface area contributed by atoms with E-state index in [1.165, 1.54) is 0 Å². The fourth-order valence-electron chi connectivity index (χ4n) is 3.71. The van der Waals surface area contributed by atoms with Gasteiger partial charge in [-0.15, -0.1) is 0 Å². The molecule has 8 heteroatoms. The van der Waals surface area contributed by atoms with E-state index >= 15 is 0 Å². The molecule has 0 amide bonds. The Morgan fingerprint density at radius 2 is 2.17 bits per heavy atom. The van der Waals surface area contributed by atoms with Crippen LogP contribution in [0.4, 0.5) is 0 Å². The topological polar surface area (TPSA) is 90.7 Å². The molecule has 0 aromatic carbocycles. The van der Waals surface area contributed by atoms with Gasteiger partial charge in [-0.2, -0.15) is 0 Å². The highest BCUT2D eigenvalue weighted by Crippen LogP contribution is 2.50. The van der Waals surface area contributed by atoms with Crippen LogP contribution in [-0.2, 0) is 25.2 Å². The van der Waals surface area contributed by atoms with Crippen LogP contribution in [0.1, 0.15) is 37.6 Å². The lowest BCUT2D eigenvalue weighted by Crippen LogP contribution is -2.66. The highest BCUT2D eigenvalue weighted by Gasteiger charge is 2.57. The smallest absolute Gasteiger partial charge is 0.217 e. The Morgan fingerprint density at radius 1 is 1.43 bits per heavy atom. The quantitative estimate of drug-likeness (QED) is 0.838. The van der Waals surface area contributed by atoms with Crippen molar-refractivity contribution in [3.05, 3.63) is 17.5 Å². The Hall–Kier alpha value is -0.960. The van der Waals surface area contributed by atoms with Gasteiger partial charge in [-0.05, 0) is 33.1 Å². The molecule has 0 bridgehead atoms.